The van der Waals surface area contributed by atoms with Crippen molar-refractivity contribution in [3.05, 3.63) is 59.7 Å². The Labute approximate surface area is 172 Å². The zero-order valence-electron chi connectivity index (χ0n) is 17.3. The molecule has 3 rings (SSSR count). The van der Waals surface area contributed by atoms with Gasteiger partial charge in [0.05, 0.1) is 14.2 Å². The van der Waals surface area contributed by atoms with Gasteiger partial charge < -0.3 is 19.3 Å². The maximum atomic E-state index is 12.9. The fraction of sp³-hybridized carbons (Fsp3) is 0.391. The van der Waals surface area contributed by atoms with Gasteiger partial charge >= 0.3 is 0 Å². The van der Waals surface area contributed by atoms with Crippen molar-refractivity contribution in [1.82, 2.24) is 9.80 Å². The highest BCUT2D eigenvalue weighted by atomic mass is 16.5. The first-order chi connectivity index (χ1) is 14.0. The lowest BCUT2D eigenvalue weighted by atomic mass is 9.94. The topological polar surface area (TPSA) is 59.1 Å². The molecule has 0 aromatic heterocycles. The van der Waals surface area contributed by atoms with Crippen LogP contribution in [0.1, 0.15) is 28.8 Å². The van der Waals surface area contributed by atoms with E-state index in [1.807, 2.05) is 42.3 Å². The molecule has 1 aliphatic rings. The maximum absolute atomic E-state index is 12.9. The van der Waals surface area contributed by atoms with Crippen molar-refractivity contribution in [2.45, 2.75) is 19.4 Å². The third-order valence-electron chi connectivity index (χ3n) is 5.40. The molecule has 1 heterocycles. The van der Waals surface area contributed by atoms with Gasteiger partial charge in [0.25, 0.3) is 5.91 Å². The first-order valence-corrected chi connectivity index (χ1v) is 9.83. The van der Waals surface area contributed by atoms with Crippen LogP contribution in [0.3, 0.4) is 0 Å². The number of hydrogen-bond donors (Lipinski definition) is 0. The number of piperidine rings is 1. The number of ether oxygens (including phenoxy) is 2. The molecule has 2 amide bonds. The summed E-state index contributed by atoms with van der Waals surface area (Å²) < 4.78 is 10.5. The molecule has 0 aliphatic carbocycles. The largest absolute Gasteiger partial charge is 0.493 e. The minimum Gasteiger partial charge on any atom is -0.493 e. The van der Waals surface area contributed by atoms with Crippen LogP contribution < -0.4 is 9.47 Å². The van der Waals surface area contributed by atoms with E-state index in [0.717, 1.165) is 5.56 Å². The fourth-order valence-electron chi connectivity index (χ4n) is 3.73. The Balaban J connectivity index is 1.57. The van der Waals surface area contributed by atoms with E-state index >= 15 is 0 Å². The molecular formula is C23H28N2O4. The second-order valence-corrected chi connectivity index (χ2v) is 7.32. The first kappa shape index (κ1) is 20.7. The summed E-state index contributed by atoms with van der Waals surface area (Å²) in [4.78, 5) is 29.2. The zero-order valence-corrected chi connectivity index (χ0v) is 17.3. The molecule has 0 unspecified atom stereocenters. The van der Waals surface area contributed by atoms with Gasteiger partial charge in [-0.3, -0.25) is 9.59 Å². The number of benzene rings is 2. The van der Waals surface area contributed by atoms with Gasteiger partial charge in [0, 0.05) is 38.2 Å². The Morgan fingerprint density at radius 3 is 2.28 bits per heavy atom. The van der Waals surface area contributed by atoms with Crippen LogP contribution in [0.4, 0.5) is 0 Å². The lowest BCUT2D eigenvalue weighted by molar-refractivity contribution is -0.136. The van der Waals surface area contributed by atoms with Gasteiger partial charge in [-0.15, -0.1) is 0 Å². The van der Waals surface area contributed by atoms with Gasteiger partial charge in [-0.05, 0) is 36.6 Å². The number of rotatable bonds is 6. The number of carbonyl (C=O) groups is 2. The number of likely N-dealkylation sites (tertiary alicyclic amines) is 1. The standard InChI is InChI=1S/C23H28N2O4/c1-24(16-17-7-5-4-6-8-17)22(26)18-11-13-25(14-12-18)23(27)19-9-10-20(28-2)21(15-19)29-3/h4-10,15,18H,11-14,16H2,1-3H3. The van der Waals surface area contributed by atoms with E-state index in [1.54, 1.807) is 37.3 Å². The minimum atomic E-state index is -0.0468. The molecule has 2 aromatic rings. The van der Waals surface area contributed by atoms with Crippen molar-refractivity contribution in [3.63, 3.8) is 0 Å². The van der Waals surface area contributed by atoms with Gasteiger partial charge in [-0.25, -0.2) is 0 Å². The van der Waals surface area contributed by atoms with E-state index in [1.165, 1.54) is 0 Å². The lowest BCUT2D eigenvalue weighted by Crippen LogP contribution is -2.43. The van der Waals surface area contributed by atoms with Crippen molar-refractivity contribution in [3.8, 4) is 11.5 Å². The number of nitrogens with zero attached hydrogens (tertiary/aromatic N) is 2. The van der Waals surface area contributed by atoms with Crippen LogP contribution in [-0.4, -0.2) is 56.0 Å². The van der Waals surface area contributed by atoms with Crippen LogP contribution in [-0.2, 0) is 11.3 Å². The van der Waals surface area contributed by atoms with Crippen molar-refractivity contribution < 1.29 is 19.1 Å². The van der Waals surface area contributed by atoms with Gasteiger partial charge in [0.2, 0.25) is 5.91 Å². The Bertz CT molecular complexity index is 845. The van der Waals surface area contributed by atoms with Gasteiger partial charge in [-0.2, -0.15) is 0 Å². The summed E-state index contributed by atoms with van der Waals surface area (Å²) in [5.41, 5.74) is 1.68. The van der Waals surface area contributed by atoms with E-state index < -0.39 is 0 Å². The summed E-state index contributed by atoms with van der Waals surface area (Å²) in [6.45, 7) is 1.75. The number of hydrogen-bond acceptors (Lipinski definition) is 4. The van der Waals surface area contributed by atoms with E-state index in [0.29, 0.717) is 49.5 Å². The Hall–Kier alpha value is -3.02. The Morgan fingerprint density at radius 1 is 1.00 bits per heavy atom. The van der Waals surface area contributed by atoms with Gasteiger partial charge in [0.15, 0.2) is 11.5 Å². The highest BCUT2D eigenvalue weighted by molar-refractivity contribution is 5.95. The van der Waals surface area contributed by atoms with E-state index in [2.05, 4.69) is 0 Å². The van der Waals surface area contributed by atoms with E-state index in [4.69, 9.17) is 9.47 Å². The van der Waals surface area contributed by atoms with Crippen LogP contribution in [0, 0.1) is 5.92 Å². The van der Waals surface area contributed by atoms with Crippen LogP contribution in [0.5, 0.6) is 11.5 Å². The van der Waals surface area contributed by atoms with Crippen LogP contribution in [0.2, 0.25) is 0 Å². The molecule has 154 valence electrons. The van der Waals surface area contributed by atoms with E-state index in [9.17, 15) is 9.59 Å². The Kier molecular flexibility index (Phi) is 6.75. The molecule has 1 saturated heterocycles. The molecular weight excluding hydrogens is 368 g/mol. The smallest absolute Gasteiger partial charge is 0.253 e. The normalized spacial score (nSPS) is 14.4. The molecule has 29 heavy (non-hydrogen) atoms. The number of amides is 2. The predicted molar refractivity (Wildman–Crippen MR) is 111 cm³/mol. The summed E-state index contributed by atoms with van der Waals surface area (Å²) >= 11 is 0. The quantitative estimate of drug-likeness (QED) is 0.752. The highest BCUT2D eigenvalue weighted by Gasteiger charge is 2.29. The van der Waals surface area contributed by atoms with Crippen molar-refractivity contribution in [2.75, 3.05) is 34.4 Å². The highest BCUT2D eigenvalue weighted by Crippen LogP contribution is 2.29. The molecule has 1 fully saturated rings. The predicted octanol–water partition coefficient (Wildman–Crippen LogP) is 3.21. The fourth-order valence-corrected chi connectivity index (χ4v) is 3.73. The molecule has 0 bridgehead atoms. The molecule has 1 aliphatic heterocycles. The number of methoxy groups -OCH3 is 2. The molecule has 0 atom stereocenters. The molecule has 2 aromatic carbocycles. The van der Waals surface area contributed by atoms with Gasteiger partial charge in [-0.1, -0.05) is 30.3 Å². The molecule has 0 radical (unpaired) electrons. The average Bonchev–Trinajstić information content (AvgIpc) is 2.78. The molecule has 0 spiro atoms. The number of carbonyl (C=O) groups excluding carboxylic acids is 2. The van der Waals surface area contributed by atoms with Crippen molar-refractivity contribution >= 4 is 11.8 Å². The first-order valence-electron chi connectivity index (χ1n) is 9.83. The monoisotopic (exact) mass is 396 g/mol. The lowest BCUT2D eigenvalue weighted by Gasteiger charge is -2.33. The summed E-state index contributed by atoms with van der Waals surface area (Å²) in [6.07, 6.45) is 1.36. The molecule has 0 N–H and O–H groups in total. The van der Waals surface area contributed by atoms with Gasteiger partial charge in [0.1, 0.15) is 0 Å². The van der Waals surface area contributed by atoms with E-state index in [-0.39, 0.29) is 17.7 Å². The molecule has 0 saturated carbocycles. The summed E-state index contributed by atoms with van der Waals surface area (Å²) in [5, 5.41) is 0. The second-order valence-electron chi connectivity index (χ2n) is 7.32. The average molecular weight is 396 g/mol. The van der Waals surface area contributed by atoms with Crippen molar-refractivity contribution in [2.24, 2.45) is 5.92 Å². The summed E-state index contributed by atoms with van der Waals surface area (Å²) in [5.74, 6) is 1.18. The Morgan fingerprint density at radius 2 is 1.66 bits per heavy atom. The minimum absolute atomic E-state index is 0.0434. The van der Waals surface area contributed by atoms with Crippen molar-refractivity contribution in [1.29, 1.82) is 0 Å². The third kappa shape index (κ3) is 4.88. The summed E-state index contributed by atoms with van der Waals surface area (Å²) in [6, 6.07) is 15.2. The van der Waals surface area contributed by atoms with Crippen LogP contribution >= 0.6 is 0 Å². The summed E-state index contributed by atoms with van der Waals surface area (Å²) in [7, 11) is 4.96. The molecule has 6 heteroatoms. The maximum Gasteiger partial charge on any atom is 0.253 e. The van der Waals surface area contributed by atoms with Crippen LogP contribution in [0.15, 0.2) is 48.5 Å². The zero-order chi connectivity index (χ0) is 20.8. The molecule has 6 nitrogen and oxygen atoms in total. The SMILES string of the molecule is COc1ccc(C(=O)N2CCC(C(=O)N(C)Cc3ccccc3)CC2)cc1OC. The third-order valence-corrected chi connectivity index (χ3v) is 5.40. The van der Waals surface area contributed by atoms with Crippen LogP contribution in [0.25, 0.3) is 0 Å². The second kappa shape index (κ2) is 9.45.